The second-order valence-corrected chi connectivity index (χ2v) is 6.66. The Kier molecular flexibility index (Phi) is 4.02. The summed E-state index contributed by atoms with van der Waals surface area (Å²) in [7, 11) is 0. The van der Waals surface area contributed by atoms with Gasteiger partial charge in [-0.05, 0) is 29.7 Å². The Bertz CT molecular complexity index is 745. The zero-order chi connectivity index (χ0) is 16.5. The molecular formula is C19H23N3O2. The molecule has 1 amide bonds. The third kappa shape index (κ3) is 2.91. The van der Waals surface area contributed by atoms with Crippen molar-refractivity contribution in [3.63, 3.8) is 0 Å². The predicted molar refractivity (Wildman–Crippen MR) is 92.4 cm³/mol. The van der Waals surface area contributed by atoms with Gasteiger partial charge < -0.3 is 14.6 Å². The zero-order valence-electron chi connectivity index (χ0n) is 14.0. The van der Waals surface area contributed by atoms with Crippen molar-refractivity contribution in [1.82, 2.24) is 14.8 Å². The van der Waals surface area contributed by atoms with E-state index in [2.05, 4.69) is 28.1 Å². The van der Waals surface area contributed by atoms with Crippen LogP contribution in [-0.2, 0) is 13.0 Å². The van der Waals surface area contributed by atoms with E-state index < -0.39 is 0 Å². The lowest BCUT2D eigenvalue weighted by Crippen LogP contribution is -2.48. The van der Waals surface area contributed by atoms with Gasteiger partial charge in [0.15, 0.2) is 0 Å². The number of H-pyrrole nitrogens is 1. The lowest BCUT2D eigenvalue weighted by Gasteiger charge is -2.34. The van der Waals surface area contributed by atoms with Crippen molar-refractivity contribution in [2.45, 2.75) is 19.9 Å². The van der Waals surface area contributed by atoms with E-state index in [1.54, 1.807) is 6.20 Å². The van der Waals surface area contributed by atoms with Crippen LogP contribution in [0.25, 0.3) is 0 Å². The molecule has 1 aromatic carbocycles. The molecule has 0 atom stereocenters. The Morgan fingerprint density at radius 1 is 1.21 bits per heavy atom. The van der Waals surface area contributed by atoms with E-state index in [9.17, 15) is 4.79 Å². The molecule has 0 bridgehead atoms. The number of hydrogen-bond acceptors (Lipinski definition) is 3. The number of hydrogen-bond donors (Lipinski definition) is 1. The first-order valence-corrected chi connectivity index (χ1v) is 8.60. The number of amides is 1. The van der Waals surface area contributed by atoms with Crippen molar-refractivity contribution in [2.75, 3.05) is 32.8 Å². The second-order valence-electron chi connectivity index (χ2n) is 6.66. The van der Waals surface area contributed by atoms with Gasteiger partial charge in [0.25, 0.3) is 5.91 Å². The average molecular weight is 325 g/mol. The van der Waals surface area contributed by atoms with Gasteiger partial charge in [0, 0.05) is 51.5 Å². The van der Waals surface area contributed by atoms with Crippen LogP contribution in [0.1, 0.15) is 27.0 Å². The maximum atomic E-state index is 12.5. The fraction of sp³-hybridized carbons (Fsp3) is 0.421. The van der Waals surface area contributed by atoms with E-state index in [0.717, 1.165) is 62.6 Å². The van der Waals surface area contributed by atoms with Crippen LogP contribution in [-0.4, -0.2) is 53.5 Å². The molecule has 0 radical (unpaired) electrons. The molecule has 1 N–H and O–H groups in total. The summed E-state index contributed by atoms with van der Waals surface area (Å²) in [5, 5.41) is 0. The van der Waals surface area contributed by atoms with E-state index in [1.807, 2.05) is 18.0 Å². The maximum Gasteiger partial charge on any atom is 0.255 e. The average Bonchev–Trinajstić information content (AvgIpc) is 3.23. The van der Waals surface area contributed by atoms with Gasteiger partial charge in [-0.1, -0.05) is 12.1 Å². The van der Waals surface area contributed by atoms with Crippen molar-refractivity contribution in [1.29, 1.82) is 0 Å². The number of nitrogens with one attached hydrogen (secondary N) is 1. The van der Waals surface area contributed by atoms with Gasteiger partial charge in [0.05, 0.1) is 12.2 Å². The molecule has 126 valence electrons. The molecule has 2 aliphatic rings. The number of aryl methyl sites for hydroxylation is 1. The maximum absolute atomic E-state index is 12.5. The van der Waals surface area contributed by atoms with Gasteiger partial charge in [-0.2, -0.15) is 0 Å². The minimum Gasteiger partial charge on any atom is -0.493 e. The molecule has 5 heteroatoms. The molecule has 0 unspecified atom stereocenters. The molecule has 0 spiro atoms. The van der Waals surface area contributed by atoms with Crippen LogP contribution < -0.4 is 4.74 Å². The predicted octanol–water partition coefficient (Wildman–Crippen LogP) is 2.22. The number of aromatic amines is 1. The molecule has 1 fully saturated rings. The first-order valence-electron chi connectivity index (χ1n) is 8.60. The minimum atomic E-state index is 0.142. The van der Waals surface area contributed by atoms with Crippen LogP contribution in [0, 0.1) is 6.92 Å². The van der Waals surface area contributed by atoms with Crippen LogP contribution >= 0.6 is 0 Å². The van der Waals surface area contributed by atoms with Gasteiger partial charge in [-0.15, -0.1) is 0 Å². The fourth-order valence-corrected chi connectivity index (χ4v) is 3.55. The molecule has 5 nitrogen and oxygen atoms in total. The van der Waals surface area contributed by atoms with Crippen LogP contribution in [0.5, 0.6) is 5.75 Å². The van der Waals surface area contributed by atoms with E-state index in [-0.39, 0.29) is 5.91 Å². The number of ether oxygens (including phenoxy) is 1. The molecule has 1 aromatic heterocycles. The van der Waals surface area contributed by atoms with E-state index >= 15 is 0 Å². The lowest BCUT2D eigenvalue weighted by molar-refractivity contribution is 0.0628. The Labute approximate surface area is 142 Å². The quantitative estimate of drug-likeness (QED) is 0.941. The van der Waals surface area contributed by atoms with Crippen molar-refractivity contribution >= 4 is 5.91 Å². The van der Waals surface area contributed by atoms with Gasteiger partial charge in [0.1, 0.15) is 5.75 Å². The first-order chi connectivity index (χ1) is 11.7. The number of nitrogens with zero attached hydrogens (tertiary/aromatic N) is 2. The van der Waals surface area contributed by atoms with E-state index in [0.29, 0.717) is 0 Å². The summed E-state index contributed by atoms with van der Waals surface area (Å²) in [6.45, 7) is 7.13. The standard InChI is InChI=1S/C19H23N3O2/c1-14-11-20-12-17(14)19(23)22-7-5-21(6-8-22)13-15-2-3-18-16(10-15)4-9-24-18/h2-3,10-12,20H,4-9,13H2,1H3. The topological polar surface area (TPSA) is 48.6 Å². The second kappa shape index (κ2) is 6.32. The Hall–Kier alpha value is -2.27. The molecule has 4 rings (SSSR count). The van der Waals surface area contributed by atoms with Crippen molar-refractivity contribution in [3.05, 3.63) is 52.8 Å². The Morgan fingerprint density at radius 2 is 2.04 bits per heavy atom. The Morgan fingerprint density at radius 3 is 2.79 bits per heavy atom. The highest BCUT2D eigenvalue weighted by atomic mass is 16.5. The summed E-state index contributed by atoms with van der Waals surface area (Å²) in [4.78, 5) is 19.9. The number of fused-ring (bicyclic) bond motifs is 1. The van der Waals surface area contributed by atoms with Crippen LogP contribution in [0.2, 0.25) is 0 Å². The molecule has 2 aliphatic heterocycles. The van der Waals surface area contributed by atoms with Gasteiger partial charge in [-0.25, -0.2) is 0 Å². The monoisotopic (exact) mass is 325 g/mol. The summed E-state index contributed by atoms with van der Waals surface area (Å²) < 4.78 is 5.57. The fourth-order valence-electron chi connectivity index (χ4n) is 3.55. The molecular weight excluding hydrogens is 302 g/mol. The van der Waals surface area contributed by atoms with E-state index in [4.69, 9.17) is 4.74 Å². The smallest absolute Gasteiger partial charge is 0.255 e. The van der Waals surface area contributed by atoms with E-state index in [1.165, 1.54) is 11.1 Å². The highest BCUT2D eigenvalue weighted by Gasteiger charge is 2.23. The molecule has 24 heavy (non-hydrogen) atoms. The number of piperazine rings is 1. The Balaban J connectivity index is 1.35. The number of aromatic nitrogens is 1. The summed E-state index contributed by atoms with van der Waals surface area (Å²) >= 11 is 0. The summed E-state index contributed by atoms with van der Waals surface area (Å²) in [6, 6.07) is 6.51. The number of benzene rings is 1. The normalized spacial score (nSPS) is 17.6. The summed E-state index contributed by atoms with van der Waals surface area (Å²) in [5.41, 5.74) is 4.47. The zero-order valence-corrected chi connectivity index (χ0v) is 14.0. The molecule has 1 saturated heterocycles. The summed E-state index contributed by atoms with van der Waals surface area (Å²) in [6.07, 6.45) is 4.69. The largest absolute Gasteiger partial charge is 0.493 e. The van der Waals surface area contributed by atoms with Gasteiger partial charge in [0.2, 0.25) is 0 Å². The van der Waals surface area contributed by atoms with Crippen molar-refractivity contribution in [2.24, 2.45) is 0 Å². The molecule has 2 aromatic rings. The minimum absolute atomic E-state index is 0.142. The third-order valence-electron chi connectivity index (χ3n) is 5.00. The molecule has 3 heterocycles. The number of rotatable bonds is 3. The van der Waals surface area contributed by atoms with Crippen LogP contribution in [0.3, 0.4) is 0 Å². The molecule has 0 saturated carbocycles. The summed E-state index contributed by atoms with van der Waals surface area (Å²) in [5.74, 6) is 1.18. The highest BCUT2D eigenvalue weighted by molar-refractivity contribution is 5.95. The lowest BCUT2D eigenvalue weighted by atomic mass is 10.1. The molecule has 0 aliphatic carbocycles. The van der Waals surface area contributed by atoms with Crippen molar-refractivity contribution < 1.29 is 9.53 Å². The highest BCUT2D eigenvalue weighted by Crippen LogP contribution is 2.26. The van der Waals surface area contributed by atoms with Crippen LogP contribution in [0.15, 0.2) is 30.6 Å². The van der Waals surface area contributed by atoms with Crippen LogP contribution in [0.4, 0.5) is 0 Å². The SMILES string of the molecule is Cc1c[nH]cc1C(=O)N1CCN(Cc2ccc3c(c2)CCO3)CC1. The number of carbonyl (C=O) groups is 1. The van der Waals surface area contributed by atoms with Crippen molar-refractivity contribution in [3.8, 4) is 5.75 Å². The third-order valence-corrected chi connectivity index (χ3v) is 5.00. The number of carbonyl (C=O) groups excluding carboxylic acids is 1. The van der Waals surface area contributed by atoms with Gasteiger partial charge in [-0.3, -0.25) is 9.69 Å². The first kappa shape index (κ1) is 15.3. The van der Waals surface area contributed by atoms with Gasteiger partial charge >= 0.3 is 0 Å².